The van der Waals surface area contributed by atoms with E-state index in [2.05, 4.69) is 15.5 Å². The number of nitrogens with one attached hydrogen (secondary N) is 2. The maximum atomic E-state index is 11.6. The van der Waals surface area contributed by atoms with Gasteiger partial charge in [0.05, 0.1) is 0 Å². The molecule has 0 aromatic rings. The number of likely N-dealkylation sites (N-methyl/N-ethyl adjacent to an activating group) is 1. The fraction of sp³-hybridized carbons (Fsp3) is 0.833. The number of nitrogens with zero attached hydrogens (tertiary/aromatic N) is 1. The molecule has 1 fully saturated rings. The largest absolute Gasteiger partial charge is 0.480 e. The van der Waals surface area contributed by atoms with Crippen molar-refractivity contribution < 1.29 is 14.7 Å². The highest BCUT2D eigenvalue weighted by atomic mass is 16.4. The number of amides is 2. The molecular weight excluding hydrogens is 234 g/mol. The van der Waals surface area contributed by atoms with E-state index in [1.807, 2.05) is 7.05 Å². The maximum absolute atomic E-state index is 11.6. The SMILES string of the molecule is CC(C)[C@H](NC(=O)NCC1CCCN1C)C(=O)O. The Balaban J connectivity index is 2.34. The first-order valence-electron chi connectivity index (χ1n) is 6.39. The molecule has 0 saturated carbocycles. The highest BCUT2D eigenvalue weighted by Gasteiger charge is 2.25. The molecule has 0 aromatic carbocycles. The van der Waals surface area contributed by atoms with E-state index in [-0.39, 0.29) is 5.92 Å². The van der Waals surface area contributed by atoms with Crippen LogP contribution in [0, 0.1) is 5.92 Å². The van der Waals surface area contributed by atoms with E-state index in [9.17, 15) is 9.59 Å². The van der Waals surface area contributed by atoms with Crippen molar-refractivity contribution in [2.45, 2.75) is 38.8 Å². The van der Waals surface area contributed by atoms with Crippen LogP contribution >= 0.6 is 0 Å². The van der Waals surface area contributed by atoms with Gasteiger partial charge in [-0.25, -0.2) is 9.59 Å². The van der Waals surface area contributed by atoms with Crippen LogP contribution in [0.5, 0.6) is 0 Å². The van der Waals surface area contributed by atoms with Gasteiger partial charge in [0.1, 0.15) is 6.04 Å². The first-order valence-corrected chi connectivity index (χ1v) is 6.39. The number of carboxylic acids is 1. The molecule has 1 saturated heterocycles. The van der Waals surface area contributed by atoms with Gasteiger partial charge in [0.15, 0.2) is 0 Å². The molecule has 6 heteroatoms. The predicted octanol–water partition coefficient (Wildman–Crippen LogP) is 0.489. The lowest BCUT2D eigenvalue weighted by Gasteiger charge is -2.22. The molecular formula is C12H23N3O3. The van der Waals surface area contributed by atoms with E-state index >= 15 is 0 Å². The molecule has 104 valence electrons. The zero-order chi connectivity index (χ0) is 13.7. The lowest BCUT2D eigenvalue weighted by atomic mass is 10.1. The average molecular weight is 257 g/mol. The standard InChI is InChI=1S/C12H23N3O3/c1-8(2)10(11(16)17)14-12(18)13-7-9-5-4-6-15(9)3/h8-10H,4-7H2,1-3H3,(H,16,17)(H2,13,14,18)/t9?,10-/m0/s1. The lowest BCUT2D eigenvalue weighted by molar-refractivity contribution is -0.140. The smallest absolute Gasteiger partial charge is 0.326 e. The summed E-state index contributed by atoms with van der Waals surface area (Å²) in [6.45, 7) is 5.15. The summed E-state index contributed by atoms with van der Waals surface area (Å²) >= 11 is 0. The van der Waals surface area contributed by atoms with Crippen LogP contribution in [0.1, 0.15) is 26.7 Å². The second-order valence-corrected chi connectivity index (χ2v) is 5.19. The second-order valence-electron chi connectivity index (χ2n) is 5.19. The molecule has 18 heavy (non-hydrogen) atoms. The van der Waals surface area contributed by atoms with Crippen LogP contribution < -0.4 is 10.6 Å². The first kappa shape index (κ1) is 14.8. The number of carboxylic acid groups (broad SMARTS) is 1. The van der Waals surface area contributed by atoms with Crippen LogP contribution in [0.2, 0.25) is 0 Å². The van der Waals surface area contributed by atoms with Gasteiger partial charge >= 0.3 is 12.0 Å². The van der Waals surface area contributed by atoms with E-state index in [0.29, 0.717) is 12.6 Å². The number of carbonyl (C=O) groups excluding carboxylic acids is 1. The molecule has 0 spiro atoms. The third-order valence-corrected chi connectivity index (χ3v) is 3.39. The zero-order valence-electron chi connectivity index (χ0n) is 11.3. The number of hydrogen-bond acceptors (Lipinski definition) is 3. The number of rotatable bonds is 5. The summed E-state index contributed by atoms with van der Waals surface area (Å²) in [6, 6.07) is -0.888. The van der Waals surface area contributed by atoms with Gasteiger partial charge in [0.2, 0.25) is 0 Å². The minimum absolute atomic E-state index is 0.137. The van der Waals surface area contributed by atoms with E-state index in [1.165, 1.54) is 0 Å². The van der Waals surface area contributed by atoms with Crippen LogP contribution in [0.25, 0.3) is 0 Å². The Morgan fingerprint density at radius 3 is 2.56 bits per heavy atom. The molecule has 1 unspecified atom stereocenters. The van der Waals surface area contributed by atoms with Gasteiger partial charge < -0.3 is 20.6 Å². The third kappa shape index (κ3) is 4.18. The molecule has 0 aliphatic carbocycles. The van der Waals surface area contributed by atoms with E-state index in [0.717, 1.165) is 19.4 Å². The second kappa shape index (κ2) is 6.58. The van der Waals surface area contributed by atoms with Gasteiger partial charge in [-0.05, 0) is 32.4 Å². The normalized spacial score (nSPS) is 21.9. The molecule has 3 N–H and O–H groups in total. The molecule has 0 aromatic heterocycles. The van der Waals surface area contributed by atoms with E-state index in [1.54, 1.807) is 13.8 Å². The number of carbonyl (C=O) groups is 2. The maximum Gasteiger partial charge on any atom is 0.326 e. The van der Waals surface area contributed by atoms with Crippen molar-refractivity contribution in [3.8, 4) is 0 Å². The Kier molecular flexibility index (Phi) is 5.40. The van der Waals surface area contributed by atoms with Gasteiger partial charge in [-0.1, -0.05) is 13.8 Å². The average Bonchev–Trinajstić information content (AvgIpc) is 2.68. The number of aliphatic carboxylic acids is 1. The molecule has 2 amide bonds. The highest BCUT2D eigenvalue weighted by molar-refractivity contribution is 5.82. The third-order valence-electron chi connectivity index (χ3n) is 3.39. The van der Waals surface area contributed by atoms with E-state index < -0.39 is 18.0 Å². The Morgan fingerprint density at radius 2 is 2.11 bits per heavy atom. The number of urea groups is 1. The van der Waals surface area contributed by atoms with Crippen LogP contribution in [0.4, 0.5) is 4.79 Å². The minimum atomic E-state index is -1.00. The summed E-state index contributed by atoms with van der Waals surface area (Å²) < 4.78 is 0. The van der Waals surface area contributed by atoms with Crippen molar-refractivity contribution in [3.05, 3.63) is 0 Å². The number of hydrogen-bond donors (Lipinski definition) is 3. The van der Waals surface area contributed by atoms with Crippen molar-refractivity contribution in [1.82, 2.24) is 15.5 Å². The van der Waals surface area contributed by atoms with Crippen molar-refractivity contribution in [2.24, 2.45) is 5.92 Å². The van der Waals surface area contributed by atoms with Crippen molar-refractivity contribution >= 4 is 12.0 Å². The van der Waals surface area contributed by atoms with Crippen molar-refractivity contribution in [1.29, 1.82) is 0 Å². The Hall–Kier alpha value is -1.30. The molecule has 1 aliphatic rings. The van der Waals surface area contributed by atoms with Gasteiger partial charge in [-0.3, -0.25) is 0 Å². The first-order chi connectivity index (χ1) is 8.41. The lowest BCUT2D eigenvalue weighted by Crippen LogP contribution is -2.50. The Labute approximate surface area is 108 Å². The fourth-order valence-electron chi connectivity index (χ4n) is 2.15. The molecule has 0 bridgehead atoms. The van der Waals surface area contributed by atoms with Crippen LogP contribution in [0.3, 0.4) is 0 Å². The molecule has 2 atom stereocenters. The number of likely N-dealkylation sites (tertiary alicyclic amines) is 1. The van der Waals surface area contributed by atoms with Crippen molar-refractivity contribution in [3.63, 3.8) is 0 Å². The molecule has 0 radical (unpaired) electrons. The van der Waals surface area contributed by atoms with Gasteiger partial charge in [0.25, 0.3) is 0 Å². The molecule has 1 rings (SSSR count). The van der Waals surface area contributed by atoms with Gasteiger partial charge in [-0.2, -0.15) is 0 Å². The summed E-state index contributed by atoms with van der Waals surface area (Å²) in [5.74, 6) is -1.14. The topological polar surface area (TPSA) is 81.7 Å². The van der Waals surface area contributed by atoms with Crippen LogP contribution in [-0.4, -0.2) is 54.2 Å². The minimum Gasteiger partial charge on any atom is -0.480 e. The van der Waals surface area contributed by atoms with Gasteiger partial charge in [-0.15, -0.1) is 0 Å². The Morgan fingerprint density at radius 1 is 1.44 bits per heavy atom. The van der Waals surface area contributed by atoms with Gasteiger partial charge in [0, 0.05) is 12.6 Å². The van der Waals surface area contributed by atoms with Crippen LogP contribution in [0.15, 0.2) is 0 Å². The zero-order valence-corrected chi connectivity index (χ0v) is 11.3. The summed E-state index contributed by atoms with van der Waals surface area (Å²) in [5.41, 5.74) is 0. The molecule has 1 aliphatic heterocycles. The fourth-order valence-corrected chi connectivity index (χ4v) is 2.15. The van der Waals surface area contributed by atoms with Crippen LogP contribution in [-0.2, 0) is 4.79 Å². The summed E-state index contributed by atoms with van der Waals surface area (Å²) in [7, 11) is 2.03. The summed E-state index contributed by atoms with van der Waals surface area (Å²) in [6.07, 6.45) is 2.22. The summed E-state index contributed by atoms with van der Waals surface area (Å²) in [4.78, 5) is 24.8. The molecule has 1 heterocycles. The molecule has 6 nitrogen and oxygen atoms in total. The Bertz CT molecular complexity index is 307. The summed E-state index contributed by atoms with van der Waals surface area (Å²) in [5, 5.41) is 14.2. The monoisotopic (exact) mass is 257 g/mol. The predicted molar refractivity (Wildman–Crippen MR) is 68.4 cm³/mol. The van der Waals surface area contributed by atoms with Crippen molar-refractivity contribution in [2.75, 3.05) is 20.1 Å². The highest BCUT2D eigenvalue weighted by Crippen LogP contribution is 2.13. The van der Waals surface area contributed by atoms with E-state index in [4.69, 9.17) is 5.11 Å². The quantitative estimate of drug-likeness (QED) is 0.669.